The minimum Gasteiger partial charge on any atom is -0.325 e. The molecule has 0 radical (unpaired) electrons. The number of H-pyrrole nitrogens is 1. The lowest BCUT2D eigenvalue weighted by Crippen LogP contribution is -2.16. The van der Waals surface area contributed by atoms with Gasteiger partial charge in [-0.25, -0.2) is 0 Å². The van der Waals surface area contributed by atoms with Gasteiger partial charge in [-0.05, 0) is 28.5 Å². The molecule has 4 aromatic rings. The van der Waals surface area contributed by atoms with Gasteiger partial charge < -0.3 is 5.32 Å². The summed E-state index contributed by atoms with van der Waals surface area (Å²) in [5.74, 6) is 0.367. The van der Waals surface area contributed by atoms with Gasteiger partial charge in [0.05, 0.1) is 17.8 Å². The van der Waals surface area contributed by atoms with Gasteiger partial charge in [0.25, 0.3) is 0 Å². The van der Waals surface area contributed by atoms with Crippen LogP contribution in [0.2, 0.25) is 0 Å². The van der Waals surface area contributed by atoms with Crippen molar-refractivity contribution in [3.8, 4) is 22.5 Å². The van der Waals surface area contributed by atoms with Gasteiger partial charge in [0.15, 0.2) is 0 Å². The molecule has 4 rings (SSSR count). The van der Waals surface area contributed by atoms with E-state index in [4.69, 9.17) is 0 Å². The van der Waals surface area contributed by atoms with Gasteiger partial charge >= 0.3 is 0 Å². The summed E-state index contributed by atoms with van der Waals surface area (Å²) in [5.41, 5.74) is 4.12. The van der Waals surface area contributed by atoms with Crippen molar-refractivity contribution in [1.82, 2.24) is 30.6 Å². The third-order valence-corrected chi connectivity index (χ3v) is 5.64. The molecule has 32 heavy (non-hydrogen) atoms. The van der Waals surface area contributed by atoms with Crippen molar-refractivity contribution in [2.24, 2.45) is 0 Å². The molecular weight excluding hydrogens is 422 g/mol. The molecule has 8 nitrogen and oxygen atoms in total. The fraction of sp³-hybridized carbons (Fsp3) is 0.217. The van der Waals surface area contributed by atoms with Gasteiger partial charge in [0.2, 0.25) is 11.7 Å². The number of carbonyl (C=O) groups excluding carboxylic acids is 1. The van der Waals surface area contributed by atoms with E-state index in [0.717, 1.165) is 27.3 Å². The second-order valence-corrected chi connectivity index (χ2v) is 10.00. The van der Waals surface area contributed by atoms with Crippen LogP contribution in [0.3, 0.4) is 0 Å². The number of tetrazole rings is 1. The van der Waals surface area contributed by atoms with E-state index in [2.05, 4.69) is 56.7 Å². The van der Waals surface area contributed by atoms with Crippen LogP contribution in [0.1, 0.15) is 26.5 Å². The summed E-state index contributed by atoms with van der Waals surface area (Å²) in [6.07, 6.45) is 4.92. The molecular formula is C23H23N7OS. The number of anilines is 1. The van der Waals surface area contributed by atoms with Gasteiger partial charge in [-0.3, -0.25) is 14.8 Å². The van der Waals surface area contributed by atoms with Crippen LogP contribution in [0, 0.1) is 0 Å². The van der Waals surface area contributed by atoms with Gasteiger partial charge in [0.1, 0.15) is 0 Å². The fourth-order valence-corrected chi connectivity index (χ4v) is 4.22. The van der Waals surface area contributed by atoms with E-state index in [1.54, 1.807) is 30.4 Å². The largest absolute Gasteiger partial charge is 0.325 e. The molecule has 2 N–H and O–H groups in total. The zero-order valence-corrected chi connectivity index (χ0v) is 18.8. The predicted molar refractivity (Wildman–Crippen MR) is 125 cm³/mol. The molecule has 2 aromatic heterocycles. The molecule has 1 amide bonds. The zero-order chi connectivity index (χ0) is 22.6. The molecule has 0 atom stereocenters. The van der Waals surface area contributed by atoms with Gasteiger partial charge in [-0.2, -0.15) is 5.21 Å². The molecule has 0 aliphatic rings. The number of thioether (sulfide) groups is 1. The second-order valence-electron chi connectivity index (χ2n) is 8.13. The zero-order valence-electron chi connectivity index (χ0n) is 18.0. The lowest BCUT2D eigenvalue weighted by atomic mass is 9.99. The van der Waals surface area contributed by atoms with E-state index in [1.165, 1.54) is 0 Å². The minimum absolute atomic E-state index is 0.0194. The van der Waals surface area contributed by atoms with Crippen molar-refractivity contribution in [2.75, 3.05) is 5.32 Å². The molecule has 9 heteroatoms. The first-order valence-electron chi connectivity index (χ1n) is 10.1. The molecule has 162 valence electrons. The Morgan fingerprint density at radius 1 is 1.09 bits per heavy atom. The Hall–Kier alpha value is -3.59. The van der Waals surface area contributed by atoms with Crippen LogP contribution in [0.5, 0.6) is 0 Å². The van der Waals surface area contributed by atoms with Crippen LogP contribution in [-0.4, -0.2) is 41.2 Å². The number of nitrogens with zero attached hydrogens (tertiary/aromatic N) is 5. The van der Waals surface area contributed by atoms with Crippen LogP contribution in [-0.2, 0) is 11.2 Å². The lowest BCUT2D eigenvalue weighted by Gasteiger charge is -2.21. The first-order chi connectivity index (χ1) is 15.4. The topological polar surface area (TPSA) is 109 Å². The molecule has 0 aliphatic carbocycles. The molecule has 0 spiro atoms. The maximum absolute atomic E-state index is 12.8. The summed E-state index contributed by atoms with van der Waals surface area (Å²) in [5, 5.41) is 17.5. The number of benzene rings is 2. The summed E-state index contributed by atoms with van der Waals surface area (Å²) in [6, 6.07) is 13.9. The van der Waals surface area contributed by atoms with E-state index in [1.807, 2.05) is 42.5 Å². The Kier molecular flexibility index (Phi) is 6.27. The number of nitrogens with one attached hydrogen (secondary N) is 2. The van der Waals surface area contributed by atoms with Gasteiger partial charge in [-0.15, -0.1) is 22.0 Å². The molecule has 0 saturated heterocycles. The number of aromatic amines is 1. The summed E-state index contributed by atoms with van der Waals surface area (Å²) in [4.78, 5) is 22.0. The fourth-order valence-electron chi connectivity index (χ4n) is 3.20. The van der Waals surface area contributed by atoms with Crippen molar-refractivity contribution in [2.45, 2.75) is 36.8 Å². The molecule has 0 saturated carbocycles. The van der Waals surface area contributed by atoms with Gasteiger partial charge in [-0.1, -0.05) is 51.1 Å². The third kappa shape index (κ3) is 5.36. The van der Waals surface area contributed by atoms with E-state index >= 15 is 0 Å². The smallest absolute Gasteiger partial charge is 0.230 e. The van der Waals surface area contributed by atoms with E-state index in [9.17, 15) is 4.79 Å². The average molecular weight is 446 g/mol. The quantitative estimate of drug-likeness (QED) is 0.423. The number of aromatic nitrogens is 6. The summed E-state index contributed by atoms with van der Waals surface area (Å²) < 4.78 is -0.0194. The highest BCUT2D eigenvalue weighted by Crippen LogP contribution is 2.40. The van der Waals surface area contributed by atoms with E-state index in [-0.39, 0.29) is 17.1 Å². The molecule has 2 aromatic carbocycles. The van der Waals surface area contributed by atoms with Crippen molar-refractivity contribution in [1.29, 1.82) is 0 Å². The van der Waals surface area contributed by atoms with Crippen LogP contribution >= 0.6 is 11.8 Å². The Morgan fingerprint density at radius 3 is 2.59 bits per heavy atom. The highest BCUT2D eigenvalue weighted by molar-refractivity contribution is 8.00. The average Bonchev–Trinajstić information content (AvgIpc) is 3.29. The maximum atomic E-state index is 12.8. The van der Waals surface area contributed by atoms with Gasteiger partial charge in [0, 0.05) is 33.8 Å². The molecule has 0 fully saturated rings. The third-order valence-electron chi connectivity index (χ3n) is 4.45. The first kappa shape index (κ1) is 21.6. The van der Waals surface area contributed by atoms with Crippen LogP contribution in [0.25, 0.3) is 22.5 Å². The summed E-state index contributed by atoms with van der Waals surface area (Å²) >= 11 is 1.70. The first-order valence-corrected chi connectivity index (χ1v) is 10.9. The molecule has 0 unspecified atom stereocenters. The Bertz CT molecular complexity index is 1200. The van der Waals surface area contributed by atoms with Crippen molar-refractivity contribution in [3.05, 3.63) is 66.7 Å². The summed E-state index contributed by atoms with van der Waals surface area (Å²) in [6.45, 7) is 6.42. The Balaban J connectivity index is 1.70. The molecule has 0 aliphatic heterocycles. The number of rotatable bonds is 6. The van der Waals surface area contributed by atoms with E-state index in [0.29, 0.717) is 11.5 Å². The number of amides is 1. The molecule has 0 bridgehead atoms. The lowest BCUT2D eigenvalue weighted by molar-refractivity contribution is -0.115. The van der Waals surface area contributed by atoms with Crippen LogP contribution in [0.4, 0.5) is 5.69 Å². The SMILES string of the molecule is CC(C)(C)Sc1ccc(-c2ccccc2-c2nn[nH]n2)cc1NC(=O)Cc1cnccn1. The highest BCUT2D eigenvalue weighted by Gasteiger charge is 2.18. The monoisotopic (exact) mass is 445 g/mol. The van der Waals surface area contributed by atoms with Crippen LogP contribution < -0.4 is 5.32 Å². The van der Waals surface area contributed by atoms with E-state index < -0.39 is 0 Å². The Labute approximate surface area is 190 Å². The predicted octanol–water partition coefficient (Wildman–Crippen LogP) is 4.40. The number of carbonyl (C=O) groups is 1. The van der Waals surface area contributed by atoms with Crippen molar-refractivity contribution < 1.29 is 4.79 Å². The summed E-state index contributed by atoms with van der Waals surface area (Å²) in [7, 11) is 0. The number of hydrogen-bond donors (Lipinski definition) is 2. The van der Waals surface area contributed by atoms with Crippen molar-refractivity contribution >= 4 is 23.4 Å². The molecule has 2 heterocycles. The second kappa shape index (κ2) is 9.27. The van der Waals surface area contributed by atoms with Crippen molar-refractivity contribution in [3.63, 3.8) is 0 Å². The standard InChI is InChI=1S/C23H23N7OS/c1-23(2,3)32-20-9-8-15(17-6-4-5-7-18(17)22-27-29-30-28-22)12-19(20)26-21(31)13-16-14-24-10-11-25-16/h4-12,14H,13H2,1-3H3,(H,26,31)(H,27,28,29,30). The Morgan fingerprint density at radius 2 is 1.91 bits per heavy atom. The highest BCUT2D eigenvalue weighted by atomic mass is 32.2. The number of hydrogen-bond acceptors (Lipinski definition) is 7. The normalized spacial score (nSPS) is 11.3. The van der Waals surface area contributed by atoms with Crippen LogP contribution in [0.15, 0.2) is 66.0 Å². The maximum Gasteiger partial charge on any atom is 0.230 e. The minimum atomic E-state index is -0.148.